The third kappa shape index (κ3) is 5.77. The number of hydrogen-bond donors (Lipinski definition) is 0. The number of ether oxygens (including phenoxy) is 2. The molecule has 1 aliphatic rings. The van der Waals surface area contributed by atoms with E-state index in [-0.39, 0.29) is 18.5 Å². The van der Waals surface area contributed by atoms with Crippen LogP contribution >= 0.6 is 0 Å². The highest BCUT2D eigenvalue weighted by atomic mass is 16.6. The van der Waals surface area contributed by atoms with Crippen LogP contribution in [-0.4, -0.2) is 42.1 Å². The molecule has 0 bridgehead atoms. The predicted molar refractivity (Wildman–Crippen MR) is 71.4 cm³/mol. The van der Waals surface area contributed by atoms with Gasteiger partial charge in [-0.1, -0.05) is 0 Å². The third-order valence-corrected chi connectivity index (χ3v) is 2.58. The van der Waals surface area contributed by atoms with Gasteiger partial charge in [0.15, 0.2) is 0 Å². The van der Waals surface area contributed by atoms with Crippen LogP contribution in [0.2, 0.25) is 0 Å². The van der Waals surface area contributed by atoms with Crippen molar-refractivity contribution in [1.82, 2.24) is 4.90 Å². The molecule has 0 spiro atoms. The highest BCUT2D eigenvalue weighted by molar-refractivity contribution is 5.83. The summed E-state index contributed by atoms with van der Waals surface area (Å²) in [5, 5.41) is 0. The molecule has 108 valence electrons. The van der Waals surface area contributed by atoms with Crippen LogP contribution in [0.5, 0.6) is 0 Å². The van der Waals surface area contributed by atoms with Crippen LogP contribution in [-0.2, 0) is 19.1 Å². The van der Waals surface area contributed by atoms with Gasteiger partial charge in [-0.2, -0.15) is 0 Å². The average Bonchev–Trinajstić information content (AvgIpc) is 2.62. The minimum atomic E-state index is -0.501. The highest BCUT2D eigenvalue weighted by Gasteiger charge is 2.22. The standard InChI is InChI=1S/C14H23NO4/c1-5-18-13(17)10-15-8-6-7-11(15)9-12(16)19-14(2,3)4/h9H,5-8,10H2,1-4H3/b11-9+. The first kappa shape index (κ1) is 15.5. The maximum atomic E-state index is 11.7. The van der Waals surface area contributed by atoms with Crippen LogP contribution in [0.15, 0.2) is 11.8 Å². The van der Waals surface area contributed by atoms with Crippen molar-refractivity contribution in [1.29, 1.82) is 0 Å². The first-order valence-electron chi connectivity index (χ1n) is 6.66. The minimum absolute atomic E-state index is 0.197. The Labute approximate surface area is 114 Å². The van der Waals surface area contributed by atoms with Gasteiger partial charge in [-0.25, -0.2) is 4.79 Å². The number of allylic oxidation sites excluding steroid dienone is 1. The zero-order valence-corrected chi connectivity index (χ0v) is 12.2. The molecular formula is C14H23NO4. The molecule has 1 saturated heterocycles. The molecule has 0 amide bonds. The number of hydrogen-bond acceptors (Lipinski definition) is 5. The molecule has 5 heteroatoms. The highest BCUT2D eigenvalue weighted by Crippen LogP contribution is 2.21. The lowest BCUT2D eigenvalue weighted by Gasteiger charge is -2.21. The first-order valence-corrected chi connectivity index (χ1v) is 6.66. The largest absolute Gasteiger partial charge is 0.465 e. The van der Waals surface area contributed by atoms with E-state index in [2.05, 4.69) is 0 Å². The second-order valence-corrected chi connectivity index (χ2v) is 5.50. The Bertz CT molecular complexity index is 368. The summed E-state index contributed by atoms with van der Waals surface area (Å²) < 4.78 is 10.2. The third-order valence-electron chi connectivity index (χ3n) is 2.58. The maximum absolute atomic E-state index is 11.7. The minimum Gasteiger partial charge on any atom is -0.465 e. The van der Waals surface area contributed by atoms with E-state index >= 15 is 0 Å². The number of rotatable bonds is 4. The number of likely N-dealkylation sites (tertiary alicyclic amines) is 1. The Balaban J connectivity index is 2.60. The molecule has 5 nitrogen and oxygen atoms in total. The van der Waals surface area contributed by atoms with E-state index in [0.29, 0.717) is 6.61 Å². The van der Waals surface area contributed by atoms with Crippen molar-refractivity contribution >= 4 is 11.9 Å². The lowest BCUT2D eigenvalue weighted by Crippen LogP contribution is -2.28. The molecule has 1 heterocycles. The van der Waals surface area contributed by atoms with Gasteiger partial charge in [0.2, 0.25) is 0 Å². The SMILES string of the molecule is CCOC(=O)CN1CCC/C1=C\C(=O)OC(C)(C)C. The second-order valence-electron chi connectivity index (χ2n) is 5.50. The monoisotopic (exact) mass is 269 g/mol. The summed E-state index contributed by atoms with van der Waals surface area (Å²) in [5.74, 6) is -0.627. The van der Waals surface area contributed by atoms with Gasteiger partial charge in [0.25, 0.3) is 0 Å². The summed E-state index contributed by atoms with van der Waals surface area (Å²) in [4.78, 5) is 25.1. The van der Waals surface area contributed by atoms with Gasteiger partial charge in [0, 0.05) is 18.3 Å². The molecule has 0 aromatic heterocycles. The van der Waals surface area contributed by atoms with Crippen LogP contribution in [0.25, 0.3) is 0 Å². The van der Waals surface area contributed by atoms with Crippen molar-refractivity contribution in [3.05, 3.63) is 11.8 Å². The van der Waals surface area contributed by atoms with Crippen LogP contribution in [0, 0.1) is 0 Å². The van der Waals surface area contributed by atoms with Crippen molar-refractivity contribution < 1.29 is 19.1 Å². The quantitative estimate of drug-likeness (QED) is 0.576. The van der Waals surface area contributed by atoms with E-state index in [0.717, 1.165) is 25.1 Å². The normalized spacial score (nSPS) is 17.7. The van der Waals surface area contributed by atoms with E-state index in [4.69, 9.17) is 9.47 Å². The molecule has 0 unspecified atom stereocenters. The molecule has 1 aliphatic heterocycles. The Morgan fingerprint density at radius 3 is 2.63 bits per heavy atom. The Morgan fingerprint density at radius 1 is 1.37 bits per heavy atom. The molecule has 0 saturated carbocycles. The molecular weight excluding hydrogens is 246 g/mol. The van der Waals surface area contributed by atoms with E-state index in [1.807, 2.05) is 25.7 Å². The molecule has 0 aromatic carbocycles. The van der Waals surface area contributed by atoms with Crippen LogP contribution in [0.1, 0.15) is 40.5 Å². The van der Waals surface area contributed by atoms with E-state index < -0.39 is 5.60 Å². The van der Waals surface area contributed by atoms with Gasteiger partial charge in [0.05, 0.1) is 6.61 Å². The van der Waals surface area contributed by atoms with Crippen LogP contribution in [0.4, 0.5) is 0 Å². The Morgan fingerprint density at radius 2 is 2.05 bits per heavy atom. The predicted octanol–water partition coefficient (Wildman–Crippen LogP) is 1.87. The summed E-state index contributed by atoms with van der Waals surface area (Å²) in [5.41, 5.74) is 0.348. The fourth-order valence-corrected chi connectivity index (χ4v) is 1.93. The molecule has 0 radical (unpaired) electrons. The summed E-state index contributed by atoms with van der Waals surface area (Å²) in [6, 6.07) is 0. The molecule has 0 N–H and O–H groups in total. The van der Waals surface area contributed by atoms with Crippen molar-refractivity contribution in [2.24, 2.45) is 0 Å². The van der Waals surface area contributed by atoms with Crippen molar-refractivity contribution in [2.75, 3.05) is 19.7 Å². The lowest BCUT2D eigenvalue weighted by atomic mass is 10.2. The zero-order chi connectivity index (χ0) is 14.5. The molecule has 0 atom stereocenters. The summed E-state index contributed by atoms with van der Waals surface area (Å²) in [6.07, 6.45) is 3.21. The molecule has 19 heavy (non-hydrogen) atoms. The van der Waals surface area contributed by atoms with Crippen molar-refractivity contribution in [2.45, 2.75) is 46.1 Å². The smallest absolute Gasteiger partial charge is 0.333 e. The van der Waals surface area contributed by atoms with Gasteiger partial charge in [0.1, 0.15) is 12.1 Å². The van der Waals surface area contributed by atoms with Crippen molar-refractivity contribution in [3.8, 4) is 0 Å². The van der Waals surface area contributed by atoms with Gasteiger partial charge in [-0.3, -0.25) is 4.79 Å². The van der Waals surface area contributed by atoms with Crippen molar-refractivity contribution in [3.63, 3.8) is 0 Å². The van der Waals surface area contributed by atoms with Gasteiger partial charge >= 0.3 is 11.9 Å². The summed E-state index contributed by atoms with van der Waals surface area (Å²) in [7, 11) is 0. The van der Waals surface area contributed by atoms with E-state index in [1.165, 1.54) is 6.08 Å². The Kier molecular flexibility index (Phi) is 5.39. The number of carbonyl (C=O) groups excluding carboxylic acids is 2. The van der Waals surface area contributed by atoms with Gasteiger partial charge in [-0.05, 0) is 40.5 Å². The van der Waals surface area contributed by atoms with Gasteiger partial charge in [-0.15, -0.1) is 0 Å². The zero-order valence-electron chi connectivity index (χ0n) is 12.2. The summed E-state index contributed by atoms with van der Waals surface area (Å²) in [6.45, 7) is 8.60. The molecule has 0 aliphatic carbocycles. The number of esters is 2. The molecule has 0 aromatic rings. The van der Waals surface area contributed by atoms with E-state index in [1.54, 1.807) is 6.92 Å². The molecule has 1 rings (SSSR count). The van der Waals surface area contributed by atoms with Crippen LogP contribution < -0.4 is 0 Å². The number of carbonyl (C=O) groups is 2. The Hall–Kier alpha value is -1.52. The summed E-state index contributed by atoms with van der Waals surface area (Å²) >= 11 is 0. The maximum Gasteiger partial charge on any atom is 0.333 e. The van der Waals surface area contributed by atoms with Crippen LogP contribution in [0.3, 0.4) is 0 Å². The second kappa shape index (κ2) is 6.59. The fraction of sp³-hybridized carbons (Fsp3) is 0.714. The number of nitrogens with zero attached hydrogens (tertiary/aromatic N) is 1. The van der Waals surface area contributed by atoms with E-state index in [9.17, 15) is 9.59 Å². The lowest BCUT2D eigenvalue weighted by molar-refractivity contribution is -0.149. The molecule has 1 fully saturated rings. The first-order chi connectivity index (χ1) is 8.81. The average molecular weight is 269 g/mol. The topological polar surface area (TPSA) is 55.8 Å². The fourth-order valence-electron chi connectivity index (χ4n) is 1.93. The van der Waals surface area contributed by atoms with Gasteiger partial charge < -0.3 is 14.4 Å².